The van der Waals surface area contributed by atoms with Crippen LogP contribution in [-0.2, 0) is 33.4 Å². The minimum atomic E-state index is -0.786. The number of Topliss-reactive ketones (excluding diaryl/α,β-unsaturated/α-hetero) is 1. The van der Waals surface area contributed by atoms with Gasteiger partial charge in [-0.15, -0.1) is 0 Å². The second kappa shape index (κ2) is 8.93. The van der Waals surface area contributed by atoms with E-state index in [4.69, 9.17) is 14.2 Å². The van der Waals surface area contributed by atoms with Crippen LogP contribution in [0.4, 0.5) is 0 Å². The van der Waals surface area contributed by atoms with Crippen molar-refractivity contribution in [3.05, 3.63) is 23.3 Å². The van der Waals surface area contributed by atoms with E-state index in [1.165, 1.54) is 14.2 Å². The summed E-state index contributed by atoms with van der Waals surface area (Å²) in [6.45, 7) is 6.88. The summed E-state index contributed by atoms with van der Waals surface area (Å²) in [7, 11) is 2.56. The summed E-state index contributed by atoms with van der Waals surface area (Å²) in [6, 6.07) is 0. The van der Waals surface area contributed by atoms with Gasteiger partial charge in [-0.25, -0.2) is 4.79 Å². The number of fused-ring (bicyclic) bond motifs is 1. The summed E-state index contributed by atoms with van der Waals surface area (Å²) in [5, 5.41) is 0. The molecule has 7 heteroatoms. The number of ketones is 1. The first-order valence-corrected chi connectivity index (χ1v) is 9.86. The lowest BCUT2D eigenvalue weighted by Crippen LogP contribution is -2.53. The van der Waals surface area contributed by atoms with Gasteiger partial charge in [0.05, 0.1) is 20.1 Å². The topological polar surface area (TPSA) is 96.0 Å². The zero-order valence-electron chi connectivity index (χ0n) is 17.9. The number of methoxy groups -OCH3 is 2. The molecule has 29 heavy (non-hydrogen) atoms. The molecule has 0 spiro atoms. The van der Waals surface area contributed by atoms with Crippen LogP contribution in [0.15, 0.2) is 23.3 Å². The van der Waals surface area contributed by atoms with Crippen LogP contribution in [-0.4, -0.2) is 44.0 Å². The summed E-state index contributed by atoms with van der Waals surface area (Å²) in [5.41, 5.74) is 0.00225. The third-order valence-electron chi connectivity index (χ3n) is 6.43. The molecule has 0 aromatic heterocycles. The van der Waals surface area contributed by atoms with Gasteiger partial charge in [0.1, 0.15) is 12.0 Å². The number of allylic oxidation sites excluding steroid dienone is 2. The molecule has 2 rings (SSSR count). The van der Waals surface area contributed by atoms with Crippen molar-refractivity contribution in [2.45, 2.75) is 53.1 Å². The molecule has 2 aliphatic carbocycles. The summed E-state index contributed by atoms with van der Waals surface area (Å²) >= 11 is 0. The van der Waals surface area contributed by atoms with E-state index >= 15 is 0 Å². The molecule has 0 amide bonds. The van der Waals surface area contributed by atoms with E-state index in [-0.39, 0.29) is 18.1 Å². The first-order valence-electron chi connectivity index (χ1n) is 9.86. The molecule has 0 aliphatic heterocycles. The lowest BCUT2D eigenvalue weighted by molar-refractivity contribution is -0.172. The molecule has 160 valence electrons. The van der Waals surface area contributed by atoms with Gasteiger partial charge in [-0.3, -0.25) is 14.4 Å². The second-order valence-electron chi connectivity index (χ2n) is 8.03. The number of esters is 3. The van der Waals surface area contributed by atoms with Gasteiger partial charge in [-0.05, 0) is 39.5 Å². The summed E-state index contributed by atoms with van der Waals surface area (Å²) in [4.78, 5) is 49.8. The van der Waals surface area contributed by atoms with E-state index < -0.39 is 41.3 Å². The first-order chi connectivity index (χ1) is 13.6. The van der Waals surface area contributed by atoms with Gasteiger partial charge in [0.15, 0.2) is 5.78 Å². The van der Waals surface area contributed by atoms with Gasteiger partial charge in [-0.2, -0.15) is 0 Å². The average molecular weight is 406 g/mol. The van der Waals surface area contributed by atoms with Crippen LogP contribution >= 0.6 is 0 Å². The third kappa shape index (κ3) is 4.28. The predicted molar refractivity (Wildman–Crippen MR) is 105 cm³/mol. The smallest absolute Gasteiger partial charge is 0.333 e. The fourth-order valence-electron chi connectivity index (χ4n) is 4.46. The van der Waals surface area contributed by atoms with Crippen molar-refractivity contribution in [1.82, 2.24) is 0 Å². The molecular weight excluding hydrogens is 376 g/mol. The number of hydrogen-bond donors (Lipinski definition) is 0. The monoisotopic (exact) mass is 406 g/mol. The Balaban J connectivity index is 2.49. The van der Waals surface area contributed by atoms with Gasteiger partial charge in [0.25, 0.3) is 0 Å². The van der Waals surface area contributed by atoms with Crippen molar-refractivity contribution in [2.24, 2.45) is 23.2 Å². The molecule has 7 nitrogen and oxygen atoms in total. The fourth-order valence-corrected chi connectivity index (χ4v) is 4.46. The molecule has 0 saturated heterocycles. The zero-order valence-corrected chi connectivity index (χ0v) is 17.9. The maximum absolute atomic E-state index is 12.8. The van der Waals surface area contributed by atoms with Crippen LogP contribution in [0.1, 0.15) is 47.0 Å². The predicted octanol–water partition coefficient (Wildman–Crippen LogP) is 2.78. The highest BCUT2D eigenvalue weighted by Gasteiger charge is 2.55. The highest BCUT2D eigenvalue weighted by atomic mass is 16.6. The van der Waals surface area contributed by atoms with E-state index in [2.05, 4.69) is 0 Å². The second-order valence-corrected chi connectivity index (χ2v) is 8.03. The van der Waals surface area contributed by atoms with Crippen LogP contribution in [0.5, 0.6) is 0 Å². The number of hydrogen-bond acceptors (Lipinski definition) is 7. The molecule has 1 saturated carbocycles. The van der Waals surface area contributed by atoms with E-state index in [0.29, 0.717) is 24.0 Å². The lowest BCUT2D eigenvalue weighted by atomic mass is 9.55. The van der Waals surface area contributed by atoms with Crippen LogP contribution in [0.25, 0.3) is 0 Å². The van der Waals surface area contributed by atoms with Crippen LogP contribution < -0.4 is 0 Å². The van der Waals surface area contributed by atoms with Gasteiger partial charge in [-0.1, -0.05) is 19.1 Å². The first kappa shape index (κ1) is 22.8. The normalized spacial score (nSPS) is 30.6. The molecule has 0 bridgehead atoms. The average Bonchev–Trinajstić information content (AvgIpc) is 2.71. The number of carbonyl (C=O) groups is 4. The Morgan fingerprint density at radius 1 is 1.21 bits per heavy atom. The summed E-state index contributed by atoms with van der Waals surface area (Å²) in [5.74, 6) is -3.22. The lowest BCUT2D eigenvalue weighted by Gasteiger charge is -2.49. The molecular formula is C22H30O7. The molecule has 0 radical (unpaired) electrons. The van der Waals surface area contributed by atoms with E-state index in [0.717, 1.165) is 0 Å². The summed E-state index contributed by atoms with van der Waals surface area (Å²) in [6.07, 6.45) is 4.01. The standard InChI is InChI=1S/C22H30O7/c1-7-12(2)19(24)29-17-9-8-14-10-16(23)15(13(3)20(25)27-5)11-22(14,4)18(17)21(26)28-6/h7,11,13-14,17-18H,8-10H2,1-6H3/b12-7-/t13-,14-,17+,18-,22+/m0/s1. The SMILES string of the molecule is C/C=C(/C)C(=O)O[C@@H]1CC[C@H]2CC(=O)C([C@H](C)C(=O)OC)=C[C@@]2(C)[C@@H]1C(=O)OC. The quantitative estimate of drug-likeness (QED) is 0.393. The molecule has 0 aromatic carbocycles. The number of rotatable bonds is 5. The van der Waals surface area contributed by atoms with Crippen molar-refractivity contribution >= 4 is 23.7 Å². The van der Waals surface area contributed by atoms with Gasteiger partial charge >= 0.3 is 17.9 Å². The van der Waals surface area contributed by atoms with Crippen molar-refractivity contribution in [1.29, 1.82) is 0 Å². The maximum atomic E-state index is 12.8. The van der Waals surface area contributed by atoms with Crippen molar-refractivity contribution in [3.8, 4) is 0 Å². The molecule has 0 unspecified atom stereocenters. The molecule has 2 aliphatic rings. The highest BCUT2D eigenvalue weighted by molar-refractivity contribution is 6.01. The largest absolute Gasteiger partial charge is 0.469 e. The molecule has 0 N–H and O–H groups in total. The van der Waals surface area contributed by atoms with Gasteiger partial charge < -0.3 is 14.2 Å². The zero-order chi connectivity index (χ0) is 21.9. The Kier molecular flexibility index (Phi) is 7.03. The van der Waals surface area contributed by atoms with Crippen LogP contribution in [0, 0.1) is 23.2 Å². The molecule has 1 fully saturated rings. The van der Waals surface area contributed by atoms with E-state index in [9.17, 15) is 19.2 Å². The van der Waals surface area contributed by atoms with E-state index in [1.807, 2.05) is 6.92 Å². The molecule has 5 atom stereocenters. The highest BCUT2D eigenvalue weighted by Crippen LogP contribution is 2.53. The Bertz CT molecular complexity index is 763. The van der Waals surface area contributed by atoms with Crippen LogP contribution in [0.2, 0.25) is 0 Å². The van der Waals surface area contributed by atoms with Crippen molar-refractivity contribution in [3.63, 3.8) is 0 Å². The Morgan fingerprint density at radius 2 is 1.86 bits per heavy atom. The van der Waals surface area contributed by atoms with E-state index in [1.54, 1.807) is 32.9 Å². The Morgan fingerprint density at radius 3 is 2.41 bits per heavy atom. The van der Waals surface area contributed by atoms with Gasteiger partial charge in [0, 0.05) is 23.0 Å². The fraction of sp³-hybridized carbons (Fsp3) is 0.636. The third-order valence-corrected chi connectivity index (χ3v) is 6.43. The number of ether oxygens (including phenoxy) is 3. The Hall–Kier alpha value is -2.44. The maximum Gasteiger partial charge on any atom is 0.333 e. The summed E-state index contributed by atoms with van der Waals surface area (Å²) < 4.78 is 15.5. The molecule has 0 aromatic rings. The van der Waals surface area contributed by atoms with Crippen molar-refractivity contribution in [2.75, 3.05) is 14.2 Å². The Labute approximate surface area is 171 Å². The van der Waals surface area contributed by atoms with Crippen LogP contribution in [0.3, 0.4) is 0 Å². The minimum Gasteiger partial charge on any atom is -0.469 e. The number of carbonyl (C=O) groups excluding carboxylic acids is 4. The van der Waals surface area contributed by atoms with Crippen molar-refractivity contribution < 1.29 is 33.4 Å². The molecule has 0 heterocycles. The van der Waals surface area contributed by atoms with Gasteiger partial charge in [0.2, 0.25) is 0 Å². The minimum absolute atomic E-state index is 0.106.